The number of rotatable bonds is 10. The van der Waals surface area contributed by atoms with E-state index < -0.39 is 80.5 Å². The summed E-state index contributed by atoms with van der Waals surface area (Å²) in [6.45, 7) is -1.29. The molecule has 2 aliphatic rings. The molecule has 1 aromatic heterocycles. The van der Waals surface area contributed by atoms with E-state index in [1.54, 1.807) is 0 Å². The molecule has 1 amide bonds. The molecular weight excluding hydrogens is 480 g/mol. The second-order valence-corrected chi connectivity index (χ2v) is 7.79. The third-order valence-corrected chi connectivity index (χ3v) is 5.33. The zero-order valence-corrected chi connectivity index (χ0v) is 18.3. The Morgan fingerprint density at radius 1 is 0.971 bits per heavy atom. The Hall–Kier alpha value is -2.48. The highest BCUT2D eigenvalue weighted by molar-refractivity contribution is 5.88. The quantitative estimate of drug-likeness (QED) is 0.116. The molecule has 0 spiro atoms. The molecule has 0 bridgehead atoms. The summed E-state index contributed by atoms with van der Waals surface area (Å²) in [7, 11) is 0. The van der Waals surface area contributed by atoms with E-state index in [1.807, 2.05) is 0 Å². The van der Waals surface area contributed by atoms with Gasteiger partial charge in [0.2, 0.25) is 5.82 Å². The zero-order valence-electron chi connectivity index (χ0n) is 18.3. The first-order chi connectivity index (χ1) is 16.6. The average molecular weight is 508 g/mol. The van der Waals surface area contributed by atoms with Gasteiger partial charge in [0.15, 0.2) is 12.5 Å². The maximum Gasteiger partial charge on any atom is 0.508 e. The van der Waals surface area contributed by atoms with Crippen molar-refractivity contribution in [3.63, 3.8) is 0 Å². The van der Waals surface area contributed by atoms with E-state index in [0.717, 1.165) is 11.0 Å². The number of aliphatic hydroxyl groups is 6. The van der Waals surface area contributed by atoms with Crippen molar-refractivity contribution in [2.75, 3.05) is 26.4 Å². The van der Waals surface area contributed by atoms with Gasteiger partial charge in [-0.25, -0.2) is 14.5 Å². The first-order valence-corrected chi connectivity index (χ1v) is 10.6. The maximum absolute atomic E-state index is 11.8. The summed E-state index contributed by atoms with van der Waals surface area (Å²) in [5.41, 5.74) is 5.07. The van der Waals surface area contributed by atoms with Gasteiger partial charge in [0.05, 0.1) is 19.8 Å². The molecule has 17 nitrogen and oxygen atoms in total. The Labute approximate surface area is 197 Å². The third kappa shape index (κ3) is 6.40. The van der Waals surface area contributed by atoms with E-state index in [-0.39, 0.29) is 25.5 Å². The zero-order chi connectivity index (χ0) is 25.7. The molecule has 3 rings (SSSR count). The first-order valence-electron chi connectivity index (χ1n) is 10.6. The molecule has 2 fully saturated rings. The van der Waals surface area contributed by atoms with Gasteiger partial charge in [-0.05, 0) is 0 Å². The lowest BCUT2D eigenvalue weighted by molar-refractivity contribution is -0.301. The van der Waals surface area contributed by atoms with Crippen molar-refractivity contribution in [3.05, 3.63) is 12.2 Å². The van der Waals surface area contributed by atoms with E-state index in [2.05, 4.69) is 10.1 Å². The minimum atomic E-state index is -1.57. The number of nitrogens with zero attached hydrogens (tertiary/aromatic N) is 3. The molecule has 8 N–H and O–H groups in total. The number of aromatic nitrogens is 3. The molecule has 35 heavy (non-hydrogen) atoms. The summed E-state index contributed by atoms with van der Waals surface area (Å²) in [6.07, 6.45) is -12.1. The monoisotopic (exact) mass is 508 g/mol. The SMILES string of the molecule is NC(=O)c1ncn([C@@H]2O[C@H](COC(=O)OCCCO[C@@H]3OC(CO)[C@H](O)C(O)C3O)[C@@H](O)[C@H]2O)n1. The molecule has 2 saturated heterocycles. The van der Waals surface area contributed by atoms with Crippen LogP contribution in [-0.2, 0) is 23.7 Å². The molecule has 17 heteroatoms. The molecule has 3 unspecified atom stereocenters. The number of carbonyl (C=O) groups is 2. The van der Waals surface area contributed by atoms with Crippen LogP contribution in [0.3, 0.4) is 0 Å². The van der Waals surface area contributed by atoms with Crippen LogP contribution in [0.2, 0.25) is 0 Å². The molecule has 3 heterocycles. The van der Waals surface area contributed by atoms with Crippen LogP contribution in [0, 0.1) is 0 Å². The number of amides is 1. The first kappa shape index (κ1) is 27.1. The van der Waals surface area contributed by atoms with Crippen LogP contribution >= 0.6 is 0 Å². The Morgan fingerprint density at radius 3 is 2.34 bits per heavy atom. The fraction of sp³-hybridized carbons (Fsp3) is 0.778. The van der Waals surface area contributed by atoms with Gasteiger partial charge in [0.25, 0.3) is 5.91 Å². The smallest absolute Gasteiger partial charge is 0.434 e. The predicted octanol–water partition coefficient (Wildman–Crippen LogP) is -4.64. The van der Waals surface area contributed by atoms with Crippen molar-refractivity contribution in [2.24, 2.45) is 5.73 Å². The van der Waals surface area contributed by atoms with Gasteiger partial charge in [-0.1, -0.05) is 0 Å². The highest BCUT2D eigenvalue weighted by atomic mass is 16.7. The van der Waals surface area contributed by atoms with Crippen LogP contribution in [0.1, 0.15) is 23.3 Å². The second-order valence-electron chi connectivity index (χ2n) is 7.79. The average Bonchev–Trinajstić information content (AvgIpc) is 3.43. The van der Waals surface area contributed by atoms with Crippen molar-refractivity contribution in [2.45, 2.75) is 61.7 Å². The van der Waals surface area contributed by atoms with E-state index >= 15 is 0 Å². The second kappa shape index (κ2) is 12.0. The van der Waals surface area contributed by atoms with Crippen molar-refractivity contribution in [3.8, 4) is 0 Å². The van der Waals surface area contributed by atoms with E-state index in [9.17, 15) is 35.1 Å². The lowest BCUT2D eigenvalue weighted by Crippen LogP contribution is -2.59. The number of aliphatic hydroxyl groups excluding tert-OH is 6. The highest BCUT2D eigenvalue weighted by Gasteiger charge is 2.45. The molecule has 1 aromatic rings. The van der Waals surface area contributed by atoms with Crippen LogP contribution in [0.25, 0.3) is 0 Å². The van der Waals surface area contributed by atoms with Crippen molar-refractivity contribution in [1.29, 1.82) is 0 Å². The molecule has 0 saturated carbocycles. The number of hydrogen-bond donors (Lipinski definition) is 7. The van der Waals surface area contributed by atoms with Gasteiger partial charge >= 0.3 is 6.16 Å². The summed E-state index contributed by atoms with van der Waals surface area (Å²) in [5.74, 6) is -1.20. The van der Waals surface area contributed by atoms with Crippen LogP contribution in [0.15, 0.2) is 6.33 Å². The summed E-state index contributed by atoms with van der Waals surface area (Å²) in [4.78, 5) is 26.5. The number of carbonyl (C=O) groups excluding carboxylic acids is 2. The van der Waals surface area contributed by atoms with Crippen LogP contribution in [0.5, 0.6) is 0 Å². The molecule has 0 radical (unpaired) electrons. The minimum absolute atomic E-state index is 0.0700. The summed E-state index contributed by atoms with van der Waals surface area (Å²) in [5, 5.41) is 62.4. The Bertz CT molecular complexity index is 854. The number of primary amides is 1. The Morgan fingerprint density at radius 2 is 1.69 bits per heavy atom. The number of ether oxygens (including phenoxy) is 5. The van der Waals surface area contributed by atoms with Crippen LogP contribution in [-0.4, -0.2) is 133 Å². The molecule has 0 aliphatic carbocycles. The summed E-state index contributed by atoms with van der Waals surface area (Å²) < 4.78 is 26.6. The van der Waals surface area contributed by atoms with Crippen molar-refractivity contribution < 1.29 is 63.9 Å². The van der Waals surface area contributed by atoms with Gasteiger partial charge in [0, 0.05) is 6.42 Å². The fourth-order valence-electron chi connectivity index (χ4n) is 3.41. The van der Waals surface area contributed by atoms with Crippen molar-refractivity contribution in [1.82, 2.24) is 14.8 Å². The lowest BCUT2D eigenvalue weighted by Gasteiger charge is -2.39. The standard InChI is InChI=1S/C18H28N4O13/c19-14(29)15-20-6-22(21-15)16-12(27)10(25)8(34-16)5-33-18(30)32-3-1-2-31-17-13(28)11(26)9(24)7(4-23)35-17/h6-13,16-17,23-28H,1-5H2,(H2,19,29)/t7?,8-,9+,10-,11?,12-,13?,16-,17-/m1/s1. The molecule has 198 valence electrons. The Balaban J connectivity index is 1.35. The molecule has 2 aliphatic heterocycles. The van der Waals surface area contributed by atoms with E-state index in [4.69, 9.17) is 34.5 Å². The van der Waals surface area contributed by atoms with Crippen LogP contribution < -0.4 is 5.73 Å². The molecular formula is C18H28N4O13. The fourth-order valence-corrected chi connectivity index (χ4v) is 3.41. The summed E-state index contributed by atoms with van der Waals surface area (Å²) in [6, 6.07) is 0. The van der Waals surface area contributed by atoms with Crippen molar-refractivity contribution >= 4 is 12.1 Å². The normalized spacial score (nSPS) is 35.1. The lowest BCUT2D eigenvalue weighted by atomic mass is 9.99. The molecule has 9 atom stereocenters. The van der Waals surface area contributed by atoms with E-state index in [1.165, 1.54) is 0 Å². The predicted molar refractivity (Wildman–Crippen MR) is 106 cm³/mol. The molecule has 0 aromatic carbocycles. The summed E-state index contributed by atoms with van der Waals surface area (Å²) >= 11 is 0. The highest BCUT2D eigenvalue weighted by Crippen LogP contribution is 2.29. The largest absolute Gasteiger partial charge is 0.508 e. The maximum atomic E-state index is 11.8. The Kier molecular flexibility index (Phi) is 9.27. The third-order valence-electron chi connectivity index (χ3n) is 5.33. The van der Waals surface area contributed by atoms with Gasteiger partial charge in [-0.3, -0.25) is 4.79 Å². The minimum Gasteiger partial charge on any atom is -0.434 e. The number of hydrogen-bond acceptors (Lipinski definition) is 15. The van der Waals surface area contributed by atoms with E-state index in [0.29, 0.717) is 0 Å². The van der Waals surface area contributed by atoms with Gasteiger partial charge in [-0.15, -0.1) is 5.10 Å². The number of nitrogens with two attached hydrogens (primary N) is 1. The van der Waals surface area contributed by atoms with Gasteiger partial charge in [-0.2, -0.15) is 0 Å². The van der Waals surface area contributed by atoms with Crippen LogP contribution in [0.4, 0.5) is 4.79 Å². The van der Waals surface area contributed by atoms with Gasteiger partial charge < -0.3 is 60.1 Å². The van der Waals surface area contributed by atoms with Gasteiger partial charge in [0.1, 0.15) is 55.7 Å². The topological polar surface area (TPSA) is 258 Å².